The quantitative estimate of drug-likeness (QED) is 0.936. The number of ether oxygens (including phenoxy) is 2. The van der Waals surface area contributed by atoms with Crippen LogP contribution < -0.4 is 10.1 Å². The van der Waals surface area contributed by atoms with Crippen molar-refractivity contribution >= 4 is 38.9 Å². The number of benzene rings is 1. The van der Waals surface area contributed by atoms with Crippen LogP contribution in [0.3, 0.4) is 0 Å². The van der Waals surface area contributed by atoms with Gasteiger partial charge in [0.1, 0.15) is 10.6 Å². The number of amides is 1. The smallest absolute Gasteiger partial charge is 0.263 e. The Bertz CT molecular complexity index is 664. The Balaban J connectivity index is 1.79. The number of hydrogen-bond donors (Lipinski definition) is 1. The fraction of sp³-hybridized carbons (Fsp3) is 0.400. The van der Waals surface area contributed by atoms with Crippen molar-refractivity contribution in [2.75, 3.05) is 20.3 Å². The summed E-state index contributed by atoms with van der Waals surface area (Å²) in [4.78, 5) is 12.8. The maximum Gasteiger partial charge on any atom is 0.263 e. The molecule has 1 amide bonds. The summed E-state index contributed by atoms with van der Waals surface area (Å²) >= 11 is 7.73. The lowest BCUT2D eigenvalue weighted by Gasteiger charge is -2.09. The van der Waals surface area contributed by atoms with E-state index in [1.165, 1.54) is 11.3 Å². The molecule has 112 valence electrons. The van der Waals surface area contributed by atoms with Crippen molar-refractivity contribution in [3.05, 3.63) is 28.1 Å². The van der Waals surface area contributed by atoms with Gasteiger partial charge in [0.15, 0.2) is 0 Å². The molecule has 1 aliphatic rings. The lowest BCUT2D eigenvalue weighted by Crippen LogP contribution is -2.31. The molecule has 1 aromatic heterocycles. The summed E-state index contributed by atoms with van der Waals surface area (Å²) in [5.74, 6) is 0.587. The molecule has 1 saturated heterocycles. The summed E-state index contributed by atoms with van der Waals surface area (Å²) in [5.41, 5.74) is 0. The van der Waals surface area contributed by atoms with E-state index in [9.17, 15) is 4.79 Å². The summed E-state index contributed by atoms with van der Waals surface area (Å²) in [6.07, 6.45) is 2.18. The van der Waals surface area contributed by atoms with Crippen LogP contribution in [0.1, 0.15) is 22.5 Å². The van der Waals surface area contributed by atoms with Crippen LogP contribution in [0.4, 0.5) is 0 Å². The van der Waals surface area contributed by atoms with Gasteiger partial charge in [0, 0.05) is 23.2 Å². The number of halogens is 1. The van der Waals surface area contributed by atoms with Crippen molar-refractivity contribution in [2.45, 2.75) is 18.9 Å². The van der Waals surface area contributed by atoms with Gasteiger partial charge < -0.3 is 14.8 Å². The van der Waals surface area contributed by atoms with Crippen molar-refractivity contribution in [1.29, 1.82) is 0 Å². The molecule has 2 heterocycles. The second-order valence-corrected chi connectivity index (χ2v) is 6.38. The van der Waals surface area contributed by atoms with E-state index in [0.29, 0.717) is 16.4 Å². The Morgan fingerprint density at radius 2 is 2.43 bits per heavy atom. The van der Waals surface area contributed by atoms with E-state index < -0.39 is 0 Å². The Kier molecular flexibility index (Phi) is 4.33. The molecule has 1 aromatic carbocycles. The molecular weight excluding hydrogens is 310 g/mol. The van der Waals surface area contributed by atoms with Crippen LogP contribution >= 0.6 is 22.9 Å². The van der Waals surface area contributed by atoms with Crippen LogP contribution in [0.2, 0.25) is 5.02 Å². The number of thiophene rings is 1. The number of carbonyl (C=O) groups excluding carboxylic acids is 1. The second-order valence-electron chi connectivity index (χ2n) is 4.95. The Morgan fingerprint density at radius 3 is 3.14 bits per heavy atom. The minimum absolute atomic E-state index is 0.127. The summed E-state index contributed by atoms with van der Waals surface area (Å²) in [6.45, 7) is 1.32. The zero-order chi connectivity index (χ0) is 14.8. The maximum atomic E-state index is 12.3. The number of rotatable bonds is 4. The highest BCUT2D eigenvalue weighted by molar-refractivity contribution is 7.21. The first kappa shape index (κ1) is 14.6. The first-order chi connectivity index (χ1) is 10.2. The van der Waals surface area contributed by atoms with Crippen LogP contribution in [0.15, 0.2) is 18.2 Å². The first-order valence-corrected chi connectivity index (χ1v) is 8.04. The summed E-state index contributed by atoms with van der Waals surface area (Å²) in [5, 5.41) is 4.24. The van der Waals surface area contributed by atoms with Crippen LogP contribution in [0, 0.1) is 0 Å². The molecule has 21 heavy (non-hydrogen) atoms. The van der Waals surface area contributed by atoms with Crippen molar-refractivity contribution in [1.82, 2.24) is 5.32 Å². The van der Waals surface area contributed by atoms with Crippen LogP contribution in [-0.4, -0.2) is 32.3 Å². The number of hydrogen-bond acceptors (Lipinski definition) is 4. The maximum absolute atomic E-state index is 12.3. The van der Waals surface area contributed by atoms with Gasteiger partial charge in [-0.1, -0.05) is 11.6 Å². The van der Waals surface area contributed by atoms with Gasteiger partial charge >= 0.3 is 0 Å². The molecule has 6 heteroatoms. The summed E-state index contributed by atoms with van der Waals surface area (Å²) in [7, 11) is 1.61. The average molecular weight is 326 g/mol. The SMILES string of the molecule is COc1ccc2sc(C(=O)NCC3CCCO3)c(Cl)c2c1. The lowest BCUT2D eigenvalue weighted by atomic mass is 10.2. The molecule has 1 aliphatic heterocycles. The number of methoxy groups -OCH3 is 1. The molecule has 2 aromatic rings. The number of nitrogens with one attached hydrogen (secondary N) is 1. The van der Waals surface area contributed by atoms with Crippen molar-refractivity contribution < 1.29 is 14.3 Å². The highest BCUT2D eigenvalue weighted by Gasteiger charge is 2.20. The standard InChI is InChI=1S/C15H16ClNO3S/c1-19-9-4-5-12-11(7-9)13(16)14(21-12)15(18)17-8-10-3-2-6-20-10/h4-5,7,10H,2-3,6,8H2,1H3,(H,17,18). The van der Waals surface area contributed by atoms with Gasteiger partial charge in [-0.15, -0.1) is 11.3 Å². The molecule has 1 unspecified atom stereocenters. The lowest BCUT2D eigenvalue weighted by molar-refractivity contribution is 0.0861. The van der Waals surface area contributed by atoms with Crippen LogP contribution in [-0.2, 0) is 4.74 Å². The average Bonchev–Trinajstić information content (AvgIpc) is 3.13. The van der Waals surface area contributed by atoms with Gasteiger partial charge in [-0.25, -0.2) is 0 Å². The normalized spacial score (nSPS) is 18.1. The summed E-state index contributed by atoms with van der Waals surface area (Å²) in [6, 6.07) is 5.63. The number of fused-ring (bicyclic) bond motifs is 1. The van der Waals surface area contributed by atoms with Gasteiger partial charge in [-0.2, -0.15) is 0 Å². The minimum Gasteiger partial charge on any atom is -0.497 e. The summed E-state index contributed by atoms with van der Waals surface area (Å²) < 4.78 is 11.7. The molecule has 0 bridgehead atoms. The van der Waals surface area contributed by atoms with Crippen molar-refractivity contribution in [3.63, 3.8) is 0 Å². The third-order valence-electron chi connectivity index (χ3n) is 3.56. The zero-order valence-electron chi connectivity index (χ0n) is 11.6. The van der Waals surface area contributed by atoms with E-state index in [2.05, 4.69) is 5.32 Å². The third kappa shape index (κ3) is 3.00. The van der Waals surface area contributed by atoms with E-state index in [4.69, 9.17) is 21.1 Å². The minimum atomic E-state index is -0.143. The van der Waals surface area contributed by atoms with Crippen molar-refractivity contribution in [2.24, 2.45) is 0 Å². The van der Waals surface area contributed by atoms with E-state index >= 15 is 0 Å². The monoisotopic (exact) mass is 325 g/mol. The molecular formula is C15H16ClNO3S. The predicted molar refractivity (Wildman–Crippen MR) is 84.7 cm³/mol. The van der Waals surface area contributed by atoms with Crippen LogP contribution in [0.25, 0.3) is 10.1 Å². The van der Waals surface area contributed by atoms with Crippen LogP contribution in [0.5, 0.6) is 5.75 Å². The third-order valence-corrected chi connectivity index (χ3v) is 5.23. The van der Waals surface area contributed by atoms with Gasteiger partial charge in [-0.3, -0.25) is 4.79 Å². The molecule has 4 nitrogen and oxygen atoms in total. The molecule has 0 saturated carbocycles. The van der Waals surface area contributed by atoms with Gasteiger partial charge in [0.25, 0.3) is 5.91 Å². The molecule has 1 fully saturated rings. The fourth-order valence-electron chi connectivity index (χ4n) is 2.41. The number of carbonyl (C=O) groups is 1. The predicted octanol–water partition coefficient (Wildman–Crippen LogP) is 3.47. The Labute approximate surface area is 132 Å². The molecule has 1 N–H and O–H groups in total. The second kappa shape index (κ2) is 6.22. The van der Waals surface area contributed by atoms with Crippen molar-refractivity contribution in [3.8, 4) is 5.75 Å². The molecule has 0 radical (unpaired) electrons. The highest BCUT2D eigenvalue weighted by atomic mass is 35.5. The first-order valence-electron chi connectivity index (χ1n) is 6.85. The zero-order valence-corrected chi connectivity index (χ0v) is 13.2. The molecule has 1 atom stereocenters. The van der Waals surface area contributed by atoms with E-state index in [1.54, 1.807) is 7.11 Å². The largest absolute Gasteiger partial charge is 0.497 e. The Morgan fingerprint density at radius 1 is 1.57 bits per heavy atom. The highest BCUT2D eigenvalue weighted by Crippen LogP contribution is 2.37. The Hall–Kier alpha value is -1.30. The van der Waals surface area contributed by atoms with Gasteiger partial charge in [0.05, 0.1) is 18.2 Å². The topological polar surface area (TPSA) is 47.6 Å². The van der Waals surface area contributed by atoms with E-state index in [1.807, 2.05) is 18.2 Å². The van der Waals surface area contributed by atoms with E-state index in [-0.39, 0.29) is 12.0 Å². The molecule has 3 rings (SSSR count). The van der Waals surface area contributed by atoms with Gasteiger partial charge in [-0.05, 0) is 31.0 Å². The fourth-order valence-corrected chi connectivity index (χ4v) is 3.82. The molecule has 0 spiro atoms. The molecule has 0 aliphatic carbocycles. The van der Waals surface area contributed by atoms with Gasteiger partial charge in [0.2, 0.25) is 0 Å². The van der Waals surface area contributed by atoms with E-state index in [0.717, 1.165) is 35.3 Å².